The molecule has 1 aromatic carbocycles. The zero-order valence-corrected chi connectivity index (χ0v) is 19.0. The van der Waals surface area contributed by atoms with Crippen molar-refractivity contribution in [1.29, 1.82) is 0 Å². The molecule has 0 aromatic heterocycles. The van der Waals surface area contributed by atoms with Crippen LogP contribution in [0.25, 0.3) is 0 Å². The fourth-order valence-corrected chi connectivity index (χ4v) is 5.78. The lowest BCUT2D eigenvalue weighted by Crippen LogP contribution is -2.57. The number of rotatable bonds is 6. The molecule has 0 spiro atoms. The van der Waals surface area contributed by atoms with E-state index in [-0.39, 0.29) is 54.7 Å². The van der Waals surface area contributed by atoms with Gasteiger partial charge in [0.1, 0.15) is 16.8 Å². The summed E-state index contributed by atoms with van der Waals surface area (Å²) < 4.78 is 40.8. The highest BCUT2D eigenvalue weighted by Gasteiger charge is 2.36. The molecule has 0 radical (unpaired) electrons. The summed E-state index contributed by atoms with van der Waals surface area (Å²) in [5.74, 6) is -1.16. The lowest BCUT2D eigenvalue weighted by atomic mass is 9.88. The lowest BCUT2D eigenvalue weighted by Gasteiger charge is -2.37. The first kappa shape index (κ1) is 23.7. The van der Waals surface area contributed by atoms with Crippen LogP contribution in [0.5, 0.6) is 0 Å². The second-order valence-electron chi connectivity index (χ2n) is 8.73. The molecule has 2 aliphatic rings. The summed E-state index contributed by atoms with van der Waals surface area (Å²) in [7, 11) is -3.96. The zero-order chi connectivity index (χ0) is 22.6. The van der Waals surface area contributed by atoms with Gasteiger partial charge >= 0.3 is 0 Å². The maximum atomic E-state index is 14.0. The molecule has 1 saturated heterocycles. The number of amides is 2. The van der Waals surface area contributed by atoms with E-state index >= 15 is 0 Å². The Bertz CT molecular complexity index is 892. The van der Waals surface area contributed by atoms with E-state index in [1.165, 1.54) is 22.5 Å². The SMILES string of the molecule is CC(C)C(NC(=O)C1CCCCC1)C(=O)N1CCN(S(=O)(=O)c2ccccc2F)CC1. The van der Waals surface area contributed by atoms with Gasteiger partial charge in [-0.05, 0) is 30.9 Å². The molecule has 31 heavy (non-hydrogen) atoms. The van der Waals surface area contributed by atoms with Crippen molar-refractivity contribution in [3.8, 4) is 0 Å². The summed E-state index contributed by atoms with van der Waals surface area (Å²) in [5.41, 5.74) is 0. The molecule has 2 fully saturated rings. The van der Waals surface area contributed by atoms with Crippen LogP contribution in [0.2, 0.25) is 0 Å². The Morgan fingerprint density at radius 3 is 2.23 bits per heavy atom. The van der Waals surface area contributed by atoms with Crippen molar-refractivity contribution in [2.24, 2.45) is 11.8 Å². The summed E-state index contributed by atoms with van der Waals surface area (Å²) in [6, 6.07) is 4.66. The van der Waals surface area contributed by atoms with Crippen LogP contribution in [0.3, 0.4) is 0 Å². The van der Waals surface area contributed by atoms with Crippen LogP contribution in [0, 0.1) is 17.7 Å². The minimum absolute atomic E-state index is 0.0365. The first-order chi connectivity index (χ1) is 14.7. The molecule has 1 heterocycles. The molecule has 9 heteroatoms. The van der Waals surface area contributed by atoms with E-state index in [2.05, 4.69) is 5.32 Å². The maximum Gasteiger partial charge on any atom is 0.246 e. The fraction of sp³-hybridized carbons (Fsp3) is 0.636. The first-order valence-corrected chi connectivity index (χ1v) is 12.5. The van der Waals surface area contributed by atoms with E-state index in [1.54, 1.807) is 4.90 Å². The average molecular weight is 454 g/mol. The van der Waals surface area contributed by atoms with Crippen LogP contribution in [-0.2, 0) is 19.6 Å². The van der Waals surface area contributed by atoms with Crippen molar-refractivity contribution in [3.05, 3.63) is 30.1 Å². The second kappa shape index (κ2) is 10.1. The molecule has 3 rings (SSSR count). The predicted octanol–water partition coefficient (Wildman–Crippen LogP) is 2.38. The number of sulfonamides is 1. The minimum Gasteiger partial charge on any atom is -0.344 e. The number of piperazine rings is 1. The Morgan fingerprint density at radius 2 is 1.65 bits per heavy atom. The summed E-state index contributed by atoms with van der Waals surface area (Å²) in [6.45, 7) is 4.36. The Morgan fingerprint density at radius 1 is 1.03 bits per heavy atom. The van der Waals surface area contributed by atoms with Gasteiger partial charge < -0.3 is 10.2 Å². The summed E-state index contributed by atoms with van der Waals surface area (Å²) in [5, 5.41) is 2.95. The van der Waals surface area contributed by atoms with Gasteiger partial charge in [0.25, 0.3) is 0 Å². The van der Waals surface area contributed by atoms with E-state index in [1.807, 2.05) is 13.8 Å². The Kier molecular flexibility index (Phi) is 7.69. The van der Waals surface area contributed by atoms with Gasteiger partial charge in [-0.2, -0.15) is 4.31 Å². The number of carbonyl (C=O) groups excluding carboxylic acids is 2. The summed E-state index contributed by atoms with van der Waals surface area (Å²) >= 11 is 0. The molecule has 0 bridgehead atoms. The topological polar surface area (TPSA) is 86.8 Å². The Labute approximate surface area is 184 Å². The average Bonchev–Trinajstić information content (AvgIpc) is 2.77. The van der Waals surface area contributed by atoms with Crippen molar-refractivity contribution in [3.63, 3.8) is 0 Å². The molecular weight excluding hydrogens is 421 g/mol. The Hall–Kier alpha value is -2.00. The highest BCUT2D eigenvalue weighted by Crippen LogP contribution is 2.25. The van der Waals surface area contributed by atoms with E-state index in [9.17, 15) is 22.4 Å². The smallest absolute Gasteiger partial charge is 0.246 e. The van der Waals surface area contributed by atoms with Crippen LogP contribution >= 0.6 is 0 Å². The van der Waals surface area contributed by atoms with Gasteiger partial charge in [-0.25, -0.2) is 12.8 Å². The van der Waals surface area contributed by atoms with Crippen molar-refractivity contribution in [2.45, 2.75) is 56.9 Å². The standard InChI is InChI=1S/C22H32FN3O4S/c1-16(2)20(24-21(27)17-8-4-3-5-9-17)22(28)25-12-14-26(15-13-25)31(29,30)19-11-7-6-10-18(19)23/h6-7,10-11,16-17,20H,3-5,8-9,12-15H2,1-2H3,(H,24,27). The van der Waals surface area contributed by atoms with Crippen molar-refractivity contribution in [2.75, 3.05) is 26.2 Å². The van der Waals surface area contributed by atoms with E-state index in [0.717, 1.165) is 38.2 Å². The van der Waals surface area contributed by atoms with Gasteiger partial charge in [0, 0.05) is 32.1 Å². The maximum absolute atomic E-state index is 14.0. The molecule has 1 aromatic rings. The van der Waals surface area contributed by atoms with Gasteiger partial charge in [-0.3, -0.25) is 9.59 Å². The molecule has 1 N–H and O–H groups in total. The third kappa shape index (κ3) is 5.44. The van der Waals surface area contributed by atoms with Crippen LogP contribution in [-0.4, -0.2) is 61.7 Å². The summed E-state index contributed by atoms with van der Waals surface area (Å²) in [4.78, 5) is 27.0. The van der Waals surface area contributed by atoms with Gasteiger partial charge in [-0.1, -0.05) is 45.2 Å². The molecule has 1 unspecified atom stereocenters. The third-order valence-electron chi connectivity index (χ3n) is 6.21. The highest BCUT2D eigenvalue weighted by atomic mass is 32.2. The number of halogens is 1. The molecule has 1 aliphatic heterocycles. The monoisotopic (exact) mass is 453 g/mol. The van der Waals surface area contributed by atoms with Gasteiger partial charge in [0.05, 0.1) is 0 Å². The van der Waals surface area contributed by atoms with Crippen LogP contribution in [0.1, 0.15) is 46.0 Å². The Balaban J connectivity index is 1.62. The number of nitrogens with one attached hydrogen (secondary N) is 1. The minimum atomic E-state index is -3.96. The van der Waals surface area contributed by atoms with Crippen LogP contribution < -0.4 is 5.32 Å². The van der Waals surface area contributed by atoms with E-state index in [0.29, 0.717) is 0 Å². The van der Waals surface area contributed by atoms with E-state index < -0.39 is 21.9 Å². The second-order valence-corrected chi connectivity index (χ2v) is 10.6. The fourth-order valence-electron chi connectivity index (χ4n) is 4.29. The highest BCUT2D eigenvalue weighted by molar-refractivity contribution is 7.89. The van der Waals surface area contributed by atoms with Gasteiger partial charge in [-0.15, -0.1) is 0 Å². The van der Waals surface area contributed by atoms with E-state index in [4.69, 9.17) is 0 Å². The largest absolute Gasteiger partial charge is 0.344 e. The van der Waals surface area contributed by atoms with Crippen LogP contribution in [0.4, 0.5) is 4.39 Å². The quantitative estimate of drug-likeness (QED) is 0.717. The molecule has 2 amide bonds. The van der Waals surface area contributed by atoms with Crippen LogP contribution in [0.15, 0.2) is 29.2 Å². The normalized spacial score (nSPS) is 19.9. The first-order valence-electron chi connectivity index (χ1n) is 11.1. The third-order valence-corrected chi connectivity index (χ3v) is 8.14. The molecule has 1 aliphatic carbocycles. The van der Waals surface area contributed by atoms with Crippen molar-refractivity contribution in [1.82, 2.24) is 14.5 Å². The molecule has 7 nitrogen and oxygen atoms in total. The molecule has 1 saturated carbocycles. The van der Waals surface area contributed by atoms with Gasteiger partial charge in [0.2, 0.25) is 21.8 Å². The molecule has 1 atom stereocenters. The number of hydrogen-bond acceptors (Lipinski definition) is 4. The number of carbonyl (C=O) groups is 2. The lowest BCUT2D eigenvalue weighted by molar-refractivity contribution is -0.139. The zero-order valence-electron chi connectivity index (χ0n) is 18.2. The molecule has 172 valence electrons. The van der Waals surface area contributed by atoms with Gasteiger partial charge in [0.15, 0.2) is 0 Å². The predicted molar refractivity (Wildman–Crippen MR) is 115 cm³/mol. The number of benzene rings is 1. The molecular formula is C22H32FN3O4S. The number of hydrogen-bond donors (Lipinski definition) is 1. The van der Waals surface area contributed by atoms with Crippen molar-refractivity contribution >= 4 is 21.8 Å². The van der Waals surface area contributed by atoms with Crippen molar-refractivity contribution < 1.29 is 22.4 Å². The number of nitrogens with zero attached hydrogens (tertiary/aromatic N) is 2. The summed E-state index contributed by atoms with van der Waals surface area (Å²) in [6.07, 6.45) is 4.94.